The first-order valence-corrected chi connectivity index (χ1v) is 8.39. The van der Waals surface area contributed by atoms with Gasteiger partial charge in [0.25, 0.3) is 11.8 Å². The summed E-state index contributed by atoms with van der Waals surface area (Å²) in [6, 6.07) is 14.6. The largest absolute Gasteiger partial charge is 0.368 e. The monoisotopic (exact) mass is 351 g/mol. The third-order valence-electron chi connectivity index (χ3n) is 4.30. The number of hydrogen-bond acceptors (Lipinski definition) is 5. The molecule has 26 heavy (non-hydrogen) atoms. The van der Waals surface area contributed by atoms with Gasteiger partial charge in [0.05, 0.1) is 5.39 Å². The zero-order valence-corrected chi connectivity index (χ0v) is 13.9. The van der Waals surface area contributed by atoms with Crippen LogP contribution < -0.4 is 10.9 Å². The molecule has 132 valence electrons. The van der Waals surface area contributed by atoms with E-state index < -0.39 is 12.0 Å². The Hall–Kier alpha value is -3.19. The molecule has 2 heterocycles. The molecule has 4 rings (SSSR count). The molecule has 7 nitrogen and oxygen atoms in total. The van der Waals surface area contributed by atoms with Gasteiger partial charge in [-0.05, 0) is 31.0 Å². The number of ether oxygens (including phenoxy) is 1. The van der Waals surface area contributed by atoms with Crippen LogP contribution in [0.3, 0.4) is 0 Å². The predicted molar refractivity (Wildman–Crippen MR) is 94.0 cm³/mol. The van der Waals surface area contributed by atoms with Gasteiger partial charge >= 0.3 is 0 Å². The Morgan fingerprint density at radius 1 is 1.08 bits per heavy atom. The van der Waals surface area contributed by atoms with Crippen LogP contribution in [0.5, 0.6) is 0 Å². The van der Waals surface area contributed by atoms with E-state index in [0.717, 1.165) is 17.4 Å². The van der Waals surface area contributed by atoms with Crippen LogP contribution in [0.15, 0.2) is 53.1 Å². The Kier molecular flexibility index (Phi) is 4.37. The molecule has 1 fully saturated rings. The average Bonchev–Trinajstić information content (AvgIpc) is 3.36. The maximum absolute atomic E-state index is 12.4. The highest BCUT2D eigenvalue weighted by Crippen LogP contribution is 2.29. The molecule has 2 N–H and O–H groups in total. The molecule has 2 aromatic carbocycles. The van der Waals surface area contributed by atoms with Crippen LogP contribution in [-0.2, 0) is 9.53 Å². The number of rotatable bonds is 3. The Balaban J connectivity index is 1.53. The molecule has 7 heteroatoms. The molecule has 1 saturated heterocycles. The number of carbonyl (C=O) groups excluding carboxylic acids is 2. The molecule has 2 amide bonds. The lowest BCUT2D eigenvalue weighted by Gasteiger charge is -2.11. The van der Waals surface area contributed by atoms with Crippen molar-refractivity contribution in [2.45, 2.75) is 18.9 Å². The number of nitrogens with one attached hydrogen (secondary N) is 2. The van der Waals surface area contributed by atoms with E-state index in [-0.39, 0.29) is 5.91 Å². The highest BCUT2D eigenvalue weighted by atomic mass is 16.5. The lowest BCUT2D eigenvalue weighted by molar-refractivity contribution is -0.130. The van der Waals surface area contributed by atoms with Crippen LogP contribution in [-0.4, -0.2) is 29.7 Å². The summed E-state index contributed by atoms with van der Waals surface area (Å²) in [7, 11) is 0. The van der Waals surface area contributed by atoms with Crippen molar-refractivity contribution in [1.82, 2.24) is 16.0 Å². The lowest BCUT2D eigenvalue weighted by atomic mass is 10.1. The van der Waals surface area contributed by atoms with Gasteiger partial charge in [0, 0.05) is 17.7 Å². The van der Waals surface area contributed by atoms with E-state index in [9.17, 15) is 9.59 Å². The van der Waals surface area contributed by atoms with E-state index in [4.69, 9.17) is 9.26 Å². The normalized spacial score (nSPS) is 16.5. The second-order valence-electron chi connectivity index (χ2n) is 6.05. The number of carbonyl (C=O) groups is 2. The first-order chi connectivity index (χ1) is 12.7. The van der Waals surface area contributed by atoms with Gasteiger partial charge < -0.3 is 9.26 Å². The van der Waals surface area contributed by atoms with Gasteiger partial charge in [-0.15, -0.1) is 0 Å². The molecule has 3 aromatic rings. The van der Waals surface area contributed by atoms with Crippen molar-refractivity contribution in [1.29, 1.82) is 0 Å². The molecule has 0 saturated carbocycles. The molecular formula is C19H17N3O4. The van der Waals surface area contributed by atoms with Gasteiger partial charge in [0.15, 0.2) is 5.76 Å². The van der Waals surface area contributed by atoms with E-state index >= 15 is 0 Å². The fourth-order valence-corrected chi connectivity index (χ4v) is 2.94. The third kappa shape index (κ3) is 3.16. The third-order valence-corrected chi connectivity index (χ3v) is 4.30. The standard InChI is InChI=1S/C19H17N3O4/c23-18(20-21-19(24)16-7-4-10-25-16)13-8-9-15-14(11-13)17(26-22-15)12-5-2-1-3-6-12/h1-3,5-6,8-9,11,16H,4,7,10H2,(H,20,23)(H,21,24)/t16-/m1/s1. The van der Waals surface area contributed by atoms with Crippen LogP contribution >= 0.6 is 0 Å². The number of benzene rings is 2. The number of nitrogens with zero attached hydrogens (tertiary/aromatic N) is 1. The second kappa shape index (κ2) is 6.97. The number of fused-ring (bicyclic) bond motifs is 1. The van der Waals surface area contributed by atoms with Crippen molar-refractivity contribution in [3.63, 3.8) is 0 Å². The molecule has 0 bridgehead atoms. The number of amides is 2. The van der Waals surface area contributed by atoms with E-state index in [1.165, 1.54) is 0 Å². The first-order valence-electron chi connectivity index (χ1n) is 8.39. The predicted octanol–water partition coefficient (Wildman–Crippen LogP) is 2.43. The van der Waals surface area contributed by atoms with Crippen molar-refractivity contribution in [2.24, 2.45) is 0 Å². The Labute approximate surface area is 149 Å². The summed E-state index contributed by atoms with van der Waals surface area (Å²) in [4.78, 5) is 24.3. The molecule has 0 spiro atoms. The SMILES string of the molecule is O=C(NNC(=O)[C@H]1CCCO1)c1ccc2noc(-c3ccccc3)c2c1. The smallest absolute Gasteiger partial charge is 0.269 e. The fraction of sp³-hybridized carbons (Fsp3) is 0.211. The highest BCUT2D eigenvalue weighted by molar-refractivity contribution is 6.01. The summed E-state index contributed by atoms with van der Waals surface area (Å²) >= 11 is 0. The van der Waals surface area contributed by atoms with E-state index in [2.05, 4.69) is 16.0 Å². The van der Waals surface area contributed by atoms with Gasteiger partial charge in [-0.1, -0.05) is 35.5 Å². The van der Waals surface area contributed by atoms with Gasteiger partial charge in [0.2, 0.25) is 0 Å². The zero-order valence-electron chi connectivity index (χ0n) is 13.9. The van der Waals surface area contributed by atoms with Gasteiger partial charge in [-0.25, -0.2) is 0 Å². The Morgan fingerprint density at radius 2 is 1.92 bits per heavy atom. The maximum Gasteiger partial charge on any atom is 0.269 e. The quantitative estimate of drug-likeness (QED) is 0.707. The fourth-order valence-electron chi connectivity index (χ4n) is 2.94. The molecule has 0 unspecified atom stereocenters. The Bertz CT molecular complexity index is 946. The van der Waals surface area contributed by atoms with Crippen LogP contribution in [0.25, 0.3) is 22.2 Å². The van der Waals surface area contributed by atoms with Crippen molar-refractivity contribution in [2.75, 3.05) is 6.61 Å². The van der Waals surface area contributed by atoms with Crippen molar-refractivity contribution >= 4 is 22.7 Å². The van der Waals surface area contributed by atoms with E-state index in [0.29, 0.717) is 29.9 Å². The minimum atomic E-state index is -0.500. The summed E-state index contributed by atoms with van der Waals surface area (Å²) in [5.41, 5.74) is 6.76. The maximum atomic E-state index is 12.4. The van der Waals surface area contributed by atoms with E-state index in [1.807, 2.05) is 30.3 Å². The second-order valence-corrected chi connectivity index (χ2v) is 6.05. The minimum Gasteiger partial charge on any atom is -0.368 e. The topological polar surface area (TPSA) is 93.5 Å². The Morgan fingerprint density at radius 3 is 2.69 bits per heavy atom. The van der Waals surface area contributed by atoms with Gasteiger partial charge in [-0.3, -0.25) is 20.4 Å². The molecule has 1 aromatic heterocycles. The summed E-state index contributed by atoms with van der Waals surface area (Å²) in [5.74, 6) is -0.163. The number of hydrazine groups is 1. The van der Waals surface area contributed by atoms with Gasteiger partial charge in [0.1, 0.15) is 11.6 Å². The van der Waals surface area contributed by atoms with Crippen LogP contribution in [0.2, 0.25) is 0 Å². The molecule has 0 radical (unpaired) electrons. The summed E-state index contributed by atoms with van der Waals surface area (Å²) in [5, 5.41) is 4.76. The highest BCUT2D eigenvalue weighted by Gasteiger charge is 2.24. The summed E-state index contributed by atoms with van der Waals surface area (Å²) in [6.45, 7) is 0.568. The molecule has 1 atom stereocenters. The minimum absolute atomic E-state index is 0.341. The molecule has 1 aliphatic heterocycles. The number of hydrogen-bond donors (Lipinski definition) is 2. The van der Waals surface area contributed by atoms with Crippen molar-refractivity contribution < 1.29 is 18.8 Å². The molecular weight excluding hydrogens is 334 g/mol. The number of aromatic nitrogens is 1. The summed E-state index contributed by atoms with van der Waals surface area (Å²) < 4.78 is 10.7. The average molecular weight is 351 g/mol. The van der Waals surface area contributed by atoms with Crippen molar-refractivity contribution in [3.05, 3.63) is 54.1 Å². The lowest BCUT2D eigenvalue weighted by Crippen LogP contribution is -2.46. The van der Waals surface area contributed by atoms with Crippen LogP contribution in [0.1, 0.15) is 23.2 Å². The van der Waals surface area contributed by atoms with Crippen molar-refractivity contribution in [3.8, 4) is 11.3 Å². The van der Waals surface area contributed by atoms with Crippen LogP contribution in [0.4, 0.5) is 0 Å². The van der Waals surface area contributed by atoms with Gasteiger partial charge in [-0.2, -0.15) is 0 Å². The first kappa shape index (κ1) is 16.3. The summed E-state index contributed by atoms with van der Waals surface area (Å²) in [6.07, 6.45) is 1.01. The van der Waals surface area contributed by atoms with E-state index in [1.54, 1.807) is 18.2 Å². The molecule has 0 aliphatic carbocycles. The van der Waals surface area contributed by atoms with Crippen LogP contribution in [0, 0.1) is 0 Å². The zero-order chi connectivity index (χ0) is 17.9. The molecule has 1 aliphatic rings.